The summed E-state index contributed by atoms with van der Waals surface area (Å²) in [6.07, 6.45) is 5.92. The predicted molar refractivity (Wildman–Crippen MR) is 80.9 cm³/mol. The van der Waals surface area contributed by atoms with E-state index in [1.165, 1.54) is 0 Å². The molecule has 1 atom stereocenters. The number of anilines is 1. The van der Waals surface area contributed by atoms with Crippen LogP contribution in [0, 0.1) is 0 Å². The van der Waals surface area contributed by atoms with E-state index >= 15 is 0 Å². The van der Waals surface area contributed by atoms with Crippen LogP contribution in [0.4, 0.5) is 5.69 Å². The lowest BCUT2D eigenvalue weighted by atomic mass is 10.3. The average Bonchev–Trinajstić information content (AvgIpc) is 3.30. The summed E-state index contributed by atoms with van der Waals surface area (Å²) < 4.78 is 12.4. The molecule has 1 saturated heterocycles. The lowest BCUT2D eigenvalue weighted by Crippen LogP contribution is -2.12. The zero-order valence-electron chi connectivity index (χ0n) is 12.2. The minimum absolute atomic E-state index is 0.233. The largest absolute Gasteiger partial charge is 0.463 e. The third kappa shape index (κ3) is 2.76. The number of hydrogen-bond donors (Lipinski definition) is 2. The molecule has 1 amide bonds. The van der Waals surface area contributed by atoms with E-state index in [0.717, 1.165) is 13.0 Å². The van der Waals surface area contributed by atoms with Crippen LogP contribution in [-0.2, 0) is 4.74 Å². The number of nitrogens with zero attached hydrogens (tertiary/aromatic N) is 3. The summed E-state index contributed by atoms with van der Waals surface area (Å²) in [5.41, 5.74) is 1.57. The molecule has 2 N–H and O–H groups in total. The number of nitrogens with one attached hydrogen (secondary N) is 2. The van der Waals surface area contributed by atoms with E-state index in [0.29, 0.717) is 23.7 Å². The quantitative estimate of drug-likeness (QED) is 0.768. The van der Waals surface area contributed by atoms with Gasteiger partial charge in [0, 0.05) is 18.9 Å². The second-order valence-electron chi connectivity index (χ2n) is 5.32. The van der Waals surface area contributed by atoms with Crippen molar-refractivity contribution in [2.45, 2.75) is 12.5 Å². The maximum atomic E-state index is 12.2. The van der Waals surface area contributed by atoms with Crippen molar-refractivity contribution in [1.29, 1.82) is 0 Å². The summed E-state index contributed by atoms with van der Waals surface area (Å²) in [5.74, 6) is 0.326. The highest BCUT2D eigenvalue weighted by atomic mass is 16.5. The second kappa shape index (κ2) is 5.73. The summed E-state index contributed by atoms with van der Waals surface area (Å²) in [5, 5.41) is 13.8. The Balaban J connectivity index is 1.45. The molecule has 1 fully saturated rings. The van der Waals surface area contributed by atoms with Gasteiger partial charge in [0.15, 0.2) is 11.5 Å². The Kier molecular flexibility index (Phi) is 3.43. The Morgan fingerprint density at radius 3 is 3.22 bits per heavy atom. The molecular weight excluding hydrogens is 298 g/mol. The zero-order valence-corrected chi connectivity index (χ0v) is 12.2. The van der Waals surface area contributed by atoms with Crippen LogP contribution in [0.2, 0.25) is 0 Å². The zero-order chi connectivity index (χ0) is 15.6. The van der Waals surface area contributed by atoms with E-state index < -0.39 is 0 Å². The Bertz CT molecular complexity index is 799. The van der Waals surface area contributed by atoms with Crippen LogP contribution in [0.25, 0.3) is 11.5 Å². The van der Waals surface area contributed by atoms with Crippen LogP contribution in [0.5, 0.6) is 0 Å². The first-order chi connectivity index (χ1) is 11.3. The molecule has 4 rings (SSSR count). The summed E-state index contributed by atoms with van der Waals surface area (Å²) in [6.45, 7) is 1.40. The number of carbonyl (C=O) groups is 1. The Morgan fingerprint density at radius 1 is 1.48 bits per heavy atom. The van der Waals surface area contributed by atoms with Crippen molar-refractivity contribution in [3.05, 3.63) is 42.5 Å². The number of rotatable bonds is 4. The van der Waals surface area contributed by atoms with Gasteiger partial charge in [-0.25, -0.2) is 0 Å². The van der Waals surface area contributed by atoms with Gasteiger partial charge in [0.25, 0.3) is 5.91 Å². The molecule has 8 heteroatoms. The molecule has 0 radical (unpaired) electrons. The summed E-state index contributed by atoms with van der Waals surface area (Å²) in [4.78, 5) is 12.2. The standard InChI is InChI=1S/C15H15N5O3/c21-15(13-6-12(18-19-13)14-2-1-4-23-14)17-10-7-16-20(8-10)11-3-5-22-9-11/h1-2,4,6-8,11H,3,5,9H2,(H,17,21)(H,18,19). The SMILES string of the molecule is O=C(Nc1cnn(C2CCOC2)c1)c1cc(-c2ccco2)[nH]n1. The van der Waals surface area contributed by atoms with E-state index in [1.807, 2.05) is 4.68 Å². The highest BCUT2D eigenvalue weighted by Crippen LogP contribution is 2.21. The number of carbonyl (C=O) groups excluding carboxylic acids is 1. The van der Waals surface area contributed by atoms with Gasteiger partial charge in [-0.1, -0.05) is 0 Å². The van der Waals surface area contributed by atoms with Gasteiger partial charge in [0.05, 0.1) is 30.8 Å². The molecule has 118 valence electrons. The van der Waals surface area contributed by atoms with Gasteiger partial charge in [-0.15, -0.1) is 0 Å². The molecule has 0 bridgehead atoms. The number of aromatic amines is 1. The van der Waals surface area contributed by atoms with Crippen molar-refractivity contribution in [3.8, 4) is 11.5 Å². The van der Waals surface area contributed by atoms with Crippen LogP contribution in [0.3, 0.4) is 0 Å². The van der Waals surface area contributed by atoms with Crippen molar-refractivity contribution in [1.82, 2.24) is 20.0 Å². The number of amides is 1. The van der Waals surface area contributed by atoms with Crippen LogP contribution in [0.1, 0.15) is 23.0 Å². The number of furan rings is 1. The van der Waals surface area contributed by atoms with Crippen LogP contribution >= 0.6 is 0 Å². The van der Waals surface area contributed by atoms with Gasteiger partial charge in [-0.3, -0.25) is 14.6 Å². The summed E-state index contributed by atoms with van der Waals surface area (Å²) in [6, 6.07) is 5.44. The second-order valence-corrected chi connectivity index (χ2v) is 5.32. The first-order valence-corrected chi connectivity index (χ1v) is 7.32. The minimum atomic E-state index is -0.304. The first kappa shape index (κ1) is 13.8. The minimum Gasteiger partial charge on any atom is -0.463 e. The molecule has 0 spiro atoms. The van der Waals surface area contributed by atoms with E-state index in [-0.39, 0.29) is 17.6 Å². The molecule has 1 unspecified atom stereocenters. The van der Waals surface area contributed by atoms with Gasteiger partial charge in [0.2, 0.25) is 0 Å². The fourth-order valence-electron chi connectivity index (χ4n) is 2.52. The molecule has 1 aliphatic heterocycles. The maximum absolute atomic E-state index is 12.2. The third-order valence-electron chi connectivity index (χ3n) is 3.74. The maximum Gasteiger partial charge on any atom is 0.276 e. The molecule has 4 heterocycles. The van der Waals surface area contributed by atoms with Crippen LogP contribution in [0.15, 0.2) is 41.3 Å². The van der Waals surface area contributed by atoms with Crippen molar-refractivity contribution in [3.63, 3.8) is 0 Å². The number of aromatic nitrogens is 4. The van der Waals surface area contributed by atoms with Crippen molar-refractivity contribution < 1.29 is 13.9 Å². The van der Waals surface area contributed by atoms with Crippen molar-refractivity contribution in [2.75, 3.05) is 18.5 Å². The lowest BCUT2D eigenvalue weighted by molar-refractivity contribution is 0.102. The fourth-order valence-corrected chi connectivity index (χ4v) is 2.52. The molecule has 0 aliphatic carbocycles. The summed E-state index contributed by atoms with van der Waals surface area (Å²) >= 11 is 0. The molecule has 1 aliphatic rings. The van der Waals surface area contributed by atoms with Gasteiger partial charge in [0.1, 0.15) is 5.69 Å². The smallest absolute Gasteiger partial charge is 0.276 e. The van der Waals surface area contributed by atoms with Crippen molar-refractivity contribution >= 4 is 11.6 Å². The molecule has 3 aromatic rings. The molecule has 3 aromatic heterocycles. The van der Waals surface area contributed by atoms with Gasteiger partial charge >= 0.3 is 0 Å². The highest BCUT2D eigenvalue weighted by molar-refractivity contribution is 6.03. The predicted octanol–water partition coefficient (Wildman–Crippen LogP) is 2.08. The number of H-pyrrole nitrogens is 1. The molecule has 23 heavy (non-hydrogen) atoms. The molecular formula is C15H15N5O3. The van der Waals surface area contributed by atoms with E-state index in [4.69, 9.17) is 9.15 Å². The van der Waals surface area contributed by atoms with Gasteiger partial charge in [-0.05, 0) is 18.6 Å². The molecule has 0 saturated carbocycles. The van der Waals surface area contributed by atoms with E-state index in [2.05, 4.69) is 20.6 Å². The Hall–Kier alpha value is -2.87. The Labute approximate surface area is 131 Å². The lowest BCUT2D eigenvalue weighted by Gasteiger charge is -2.06. The van der Waals surface area contributed by atoms with E-state index in [9.17, 15) is 4.79 Å². The van der Waals surface area contributed by atoms with Crippen LogP contribution in [-0.4, -0.2) is 39.1 Å². The first-order valence-electron chi connectivity index (χ1n) is 7.32. The normalized spacial score (nSPS) is 17.5. The third-order valence-corrected chi connectivity index (χ3v) is 3.74. The molecule has 8 nitrogen and oxygen atoms in total. The topological polar surface area (TPSA) is 98.0 Å². The highest BCUT2D eigenvalue weighted by Gasteiger charge is 2.19. The van der Waals surface area contributed by atoms with Gasteiger partial charge < -0.3 is 14.5 Å². The summed E-state index contributed by atoms with van der Waals surface area (Å²) in [7, 11) is 0. The number of ether oxygens (including phenoxy) is 1. The molecule has 0 aromatic carbocycles. The van der Waals surface area contributed by atoms with E-state index in [1.54, 1.807) is 36.9 Å². The monoisotopic (exact) mass is 313 g/mol. The fraction of sp³-hybridized carbons (Fsp3) is 0.267. The van der Waals surface area contributed by atoms with Crippen LogP contribution < -0.4 is 5.32 Å². The number of hydrogen-bond acceptors (Lipinski definition) is 5. The van der Waals surface area contributed by atoms with Gasteiger partial charge in [-0.2, -0.15) is 10.2 Å². The average molecular weight is 313 g/mol. The Morgan fingerprint density at radius 2 is 2.43 bits per heavy atom. The van der Waals surface area contributed by atoms with Crippen molar-refractivity contribution in [2.24, 2.45) is 0 Å².